The minimum absolute atomic E-state index is 0.453. The van der Waals surface area contributed by atoms with Crippen LogP contribution in [0.2, 0.25) is 5.02 Å². The van der Waals surface area contributed by atoms with E-state index in [1.54, 1.807) is 12.1 Å². The Labute approximate surface area is 170 Å². The average molecular weight is 388 g/mol. The normalized spacial score (nSPS) is 13.9. The molecule has 1 heterocycles. The molecule has 0 unspecified atom stereocenters. The highest BCUT2D eigenvalue weighted by atomic mass is 35.5. The lowest BCUT2D eigenvalue weighted by molar-refractivity contribution is 0.956. The maximum absolute atomic E-state index is 6.00. The quantitative estimate of drug-likeness (QED) is 0.460. The van der Waals surface area contributed by atoms with Crippen LogP contribution in [0.25, 0.3) is 17.2 Å². The largest absolute Gasteiger partial charge is 0.384 e. The topological polar surface area (TPSA) is 41.6 Å². The van der Waals surface area contributed by atoms with Crippen molar-refractivity contribution in [2.24, 2.45) is 10.7 Å². The lowest BCUT2D eigenvalue weighted by Crippen LogP contribution is -2.12. The number of anilines is 1. The molecule has 0 atom stereocenters. The van der Waals surface area contributed by atoms with Crippen molar-refractivity contribution in [2.75, 3.05) is 18.5 Å². The fraction of sp³-hybridized carbons (Fsp3) is 0.125. The maximum Gasteiger partial charge on any atom is 0.124 e. The summed E-state index contributed by atoms with van der Waals surface area (Å²) in [7, 11) is 2.15. The zero-order chi connectivity index (χ0) is 19.5. The Kier molecular flexibility index (Phi) is 5.18. The van der Waals surface area contributed by atoms with Crippen LogP contribution in [-0.2, 0) is 6.42 Å². The molecule has 0 aromatic heterocycles. The molecule has 3 aromatic rings. The number of fused-ring (bicyclic) bond motifs is 1. The van der Waals surface area contributed by atoms with Crippen LogP contribution in [0.15, 0.2) is 77.8 Å². The van der Waals surface area contributed by atoms with E-state index in [-0.39, 0.29) is 0 Å². The highest BCUT2D eigenvalue weighted by Gasteiger charge is 2.15. The van der Waals surface area contributed by atoms with Crippen molar-refractivity contribution in [3.8, 4) is 11.1 Å². The van der Waals surface area contributed by atoms with Gasteiger partial charge in [0.15, 0.2) is 0 Å². The lowest BCUT2D eigenvalue weighted by Gasteiger charge is -2.12. The molecule has 0 saturated carbocycles. The molecule has 4 rings (SSSR count). The smallest absolute Gasteiger partial charge is 0.124 e. The Balaban J connectivity index is 1.47. The number of likely N-dealkylation sites (N-methyl/N-ethyl adjacent to an activating group) is 1. The SMILES string of the molecule is CN1CCc2cc(-c3ccc(/C=C/C(N)=Nc4ccc(Cl)cc4)cc3)ccc21. The third-order valence-corrected chi connectivity index (χ3v) is 5.23. The van der Waals surface area contributed by atoms with Crippen LogP contribution in [0.1, 0.15) is 11.1 Å². The van der Waals surface area contributed by atoms with Gasteiger partial charge in [0, 0.05) is 24.3 Å². The summed E-state index contributed by atoms with van der Waals surface area (Å²) in [5, 5.41) is 0.684. The van der Waals surface area contributed by atoms with E-state index in [0.717, 1.165) is 24.2 Å². The summed E-state index contributed by atoms with van der Waals surface area (Å²) in [6, 6.07) is 22.5. The number of aliphatic imine (C=N–C) groups is 1. The molecule has 0 aliphatic carbocycles. The third kappa shape index (κ3) is 4.10. The van der Waals surface area contributed by atoms with Crippen LogP contribution in [0, 0.1) is 0 Å². The van der Waals surface area contributed by atoms with Crippen LogP contribution >= 0.6 is 11.6 Å². The van der Waals surface area contributed by atoms with Crippen molar-refractivity contribution >= 4 is 34.9 Å². The van der Waals surface area contributed by atoms with E-state index in [1.165, 1.54) is 22.4 Å². The monoisotopic (exact) mass is 387 g/mol. The first-order valence-electron chi connectivity index (χ1n) is 9.31. The van der Waals surface area contributed by atoms with Gasteiger partial charge in [0.25, 0.3) is 0 Å². The Morgan fingerprint density at radius 1 is 1.00 bits per heavy atom. The number of nitrogens with zero attached hydrogens (tertiary/aromatic N) is 2. The Morgan fingerprint density at radius 3 is 2.46 bits per heavy atom. The van der Waals surface area contributed by atoms with Gasteiger partial charge in [-0.25, -0.2) is 4.99 Å². The Morgan fingerprint density at radius 2 is 1.71 bits per heavy atom. The second-order valence-electron chi connectivity index (χ2n) is 6.98. The number of hydrogen-bond donors (Lipinski definition) is 1. The zero-order valence-corrected chi connectivity index (χ0v) is 16.5. The molecule has 4 heteroatoms. The van der Waals surface area contributed by atoms with Crippen LogP contribution in [0.5, 0.6) is 0 Å². The van der Waals surface area contributed by atoms with Gasteiger partial charge in [-0.2, -0.15) is 0 Å². The van der Waals surface area contributed by atoms with Gasteiger partial charge in [-0.3, -0.25) is 0 Å². The molecular weight excluding hydrogens is 366 g/mol. The highest BCUT2D eigenvalue weighted by molar-refractivity contribution is 6.30. The summed E-state index contributed by atoms with van der Waals surface area (Å²) < 4.78 is 0. The lowest BCUT2D eigenvalue weighted by atomic mass is 10.0. The molecule has 2 N–H and O–H groups in total. The molecule has 0 spiro atoms. The van der Waals surface area contributed by atoms with E-state index in [1.807, 2.05) is 24.3 Å². The first-order chi connectivity index (χ1) is 13.6. The van der Waals surface area contributed by atoms with Crippen molar-refractivity contribution in [3.05, 3.63) is 89.0 Å². The van der Waals surface area contributed by atoms with Crippen molar-refractivity contribution in [3.63, 3.8) is 0 Å². The van der Waals surface area contributed by atoms with Gasteiger partial charge in [0.2, 0.25) is 0 Å². The second-order valence-corrected chi connectivity index (χ2v) is 7.42. The summed E-state index contributed by atoms with van der Waals surface area (Å²) in [5.74, 6) is 0.453. The molecule has 3 nitrogen and oxygen atoms in total. The summed E-state index contributed by atoms with van der Waals surface area (Å²) in [6.45, 7) is 1.10. The summed E-state index contributed by atoms with van der Waals surface area (Å²) in [6.07, 6.45) is 4.90. The summed E-state index contributed by atoms with van der Waals surface area (Å²) in [4.78, 5) is 6.67. The van der Waals surface area contributed by atoms with E-state index < -0.39 is 0 Å². The number of rotatable bonds is 4. The molecule has 3 aromatic carbocycles. The molecule has 0 radical (unpaired) electrons. The molecule has 1 aliphatic rings. The maximum atomic E-state index is 6.00. The Hall–Kier alpha value is -3.04. The molecule has 0 fully saturated rings. The highest BCUT2D eigenvalue weighted by Crippen LogP contribution is 2.31. The fourth-order valence-corrected chi connectivity index (χ4v) is 3.54. The van der Waals surface area contributed by atoms with E-state index in [0.29, 0.717) is 10.9 Å². The summed E-state index contributed by atoms with van der Waals surface area (Å²) >= 11 is 5.88. The van der Waals surface area contributed by atoms with Gasteiger partial charge in [0.1, 0.15) is 5.84 Å². The second kappa shape index (κ2) is 7.91. The van der Waals surface area contributed by atoms with Gasteiger partial charge in [-0.1, -0.05) is 48.0 Å². The van der Waals surface area contributed by atoms with E-state index in [9.17, 15) is 0 Å². The van der Waals surface area contributed by atoms with Crippen molar-refractivity contribution < 1.29 is 0 Å². The van der Waals surface area contributed by atoms with Crippen LogP contribution in [-0.4, -0.2) is 19.4 Å². The van der Waals surface area contributed by atoms with E-state index >= 15 is 0 Å². The molecule has 0 bridgehead atoms. The summed E-state index contributed by atoms with van der Waals surface area (Å²) in [5.41, 5.74) is 13.1. The number of benzene rings is 3. The standard InChI is InChI=1S/C24H22ClN3/c1-28-15-14-20-16-19(7-12-23(20)28)18-5-2-17(3-6-18)4-13-24(26)27-22-10-8-21(25)9-11-22/h2-13,16H,14-15H2,1H3,(H2,26,27)/b13-4+. The molecule has 0 saturated heterocycles. The van der Waals surface area contributed by atoms with Gasteiger partial charge in [-0.15, -0.1) is 0 Å². The van der Waals surface area contributed by atoms with Gasteiger partial charge in [0.05, 0.1) is 5.69 Å². The molecule has 28 heavy (non-hydrogen) atoms. The third-order valence-electron chi connectivity index (χ3n) is 4.98. The number of halogens is 1. The van der Waals surface area contributed by atoms with Crippen molar-refractivity contribution in [1.29, 1.82) is 0 Å². The fourth-order valence-electron chi connectivity index (χ4n) is 3.42. The van der Waals surface area contributed by atoms with Gasteiger partial charge < -0.3 is 10.6 Å². The number of nitrogens with two attached hydrogens (primary N) is 1. The van der Waals surface area contributed by atoms with E-state index in [4.69, 9.17) is 17.3 Å². The van der Waals surface area contributed by atoms with Crippen LogP contribution in [0.3, 0.4) is 0 Å². The number of amidine groups is 1. The molecular formula is C24H22ClN3. The van der Waals surface area contributed by atoms with Crippen LogP contribution in [0.4, 0.5) is 11.4 Å². The first kappa shape index (κ1) is 18.3. The van der Waals surface area contributed by atoms with Gasteiger partial charge in [-0.05, 0) is 71.1 Å². The molecule has 0 amide bonds. The zero-order valence-electron chi connectivity index (χ0n) is 15.8. The minimum atomic E-state index is 0.453. The van der Waals surface area contributed by atoms with Crippen LogP contribution < -0.4 is 10.6 Å². The minimum Gasteiger partial charge on any atom is -0.384 e. The molecule has 140 valence electrons. The average Bonchev–Trinajstić information content (AvgIpc) is 3.09. The van der Waals surface area contributed by atoms with Gasteiger partial charge >= 0.3 is 0 Å². The van der Waals surface area contributed by atoms with E-state index in [2.05, 4.69) is 59.4 Å². The molecule has 1 aliphatic heterocycles. The predicted octanol–water partition coefficient (Wildman–Crippen LogP) is 5.70. The van der Waals surface area contributed by atoms with Crippen molar-refractivity contribution in [1.82, 2.24) is 0 Å². The number of hydrogen-bond acceptors (Lipinski definition) is 2. The predicted molar refractivity (Wildman–Crippen MR) is 121 cm³/mol. The Bertz CT molecular complexity index is 1030. The van der Waals surface area contributed by atoms with Crippen molar-refractivity contribution in [2.45, 2.75) is 6.42 Å². The first-order valence-corrected chi connectivity index (χ1v) is 9.68.